The second-order valence-corrected chi connectivity index (χ2v) is 13.8. The summed E-state index contributed by atoms with van der Waals surface area (Å²) in [7, 11) is 1.80. The van der Waals surface area contributed by atoms with Crippen LogP contribution in [0.15, 0.2) is 18.2 Å². The number of fused-ring (bicyclic) bond motifs is 4. The van der Waals surface area contributed by atoms with Gasteiger partial charge in [-0.1, -0.05) is 13.0 Å². The van der Waals surface area contributed by atoms with Crippen molar-refractivity contribution in [1.29, 1.82) is 0 Å². The van der Waals surface area contributed by atoms with Crippen LogP contribution in [-0.2, 0) is 29.6 Å². The normalized spacial score (nSPS) is 19.3. The van der Waals surface area contributed by atoms with Crippen LogP contribution in [0, 0.1) is 0 Å². The molecule has 2 bridgehead atoms. The Balaban J connectivity index is 1.57. The van der Waals surface area contributed by atoms with E-state index in [1.54, 1.807) is 11.7 Å². The SMILES string of the molecule is CCOc1nn(CCO)c2c1/C=C/c1nn(C3CCCCO3)c3ccc(cc13)-c1c(NC(=O)OC(C)(C)C)nn(C)c1O[C@@H](C)CN(CC)C2. The number of aliphatic hydroxyl groups is 1. The minimum absolute atomic E-state index is 0.0584. The number of anilines is 1. The van der Waals surface area contributed by atoms with Crippen LogP contribution < -0.4 is 14.8 Å². The zero-order valence-electron chi connectivity index (χ0n) is 30.2. The number of rotatable bonds is 7. The third kappa shape index (κ3) is 7.52. The second-order valence-electron chi connectivity index (χ2n) is 13.8. The average molecular weight is 691 g/mol. The molecule has 5 heterocycles. The van der Waals surface area contributed by atoms with E-state index < -0.39 is 11.7 Å². The summed E-state index contributed by atoms with van der Waals surface area (Å²) in [4.78, 5) is 15.3. The Kier molecular flexibility index (Phi) is 10.5. The maximum atomic E-state index is 13.0. The molecule has 0 aliphatic carbocycles. The van der Waals surface area contributed by atoms with Crippen LogP contribution >= 0.6 is 0 Å². The molecule has 2 atom stereocenters. The lowest BCUT2D eigenvalue weighted by Gasteiger charge is -2.26. The minimum Gasteiger partial charge on any atom is -0.476 e. The third-order valence-electron chi connectivity index (χ3n) is 8.78. The number of aliphatic hydroxyl groups excluding tert-OH is 1. The predicted octanol–water partition coefficient (Wildman–Crippen LogP) is 5.84. The zero-order valence-corrected chi connectivity index (χ0v) is 30.2. The molecule has 0 radical (unpaired) electrons. The molecular weight excluding hydrogens is 640 g/mol. The van der Waals surface area contributed by atoms with Crippen molar-refractivity contribution >= 4 is 35.0 Å². The largest absolute Gasteiger partial charge is 0.476 e. The highest BCUT2D eigenvalue weighted by Gasteiger charge is 2.28. The summed E-state index contributed by atoms with van der Waals surface area (Å²) in [6, 6.07) is 6.11. The van der Waals surface area contributed by atoms with Gasteiger partial charge in [0.2, 0.25) is 11.8 Å². The van der Waals surface area contributed by atoms with Gasteiger partial charge in [-0.15, -0.1) is 5.10 Å². The van der Waals surface area contributed by atoms with Gasteiger partial charge in [-0.25, -0.2) is 14.2 Å². The molecule has 1 unspecified atom stereocenters. The van der Waals surface area contributed by atoms with Gasteiger partial charge in [-0.05, 0) is 90.3 Å². The van der Waals surface area contributed by atoms with Gasteiger partial charge in [-0.2, -0.15) is 10.2 Å². The number of carbonyl (C=O) groups excluding carboxylic acids is 1. The van der Waals surface area contributed by atoms with Crippen LogP contribution in [0.4, 0.5) is 10.6 Å². The molecule has 0 saturated carbocycles. The lowest BCUT2D eigenvalue weighted by molar-refractivity contribution is -0.0367. The number of amides is 1. The average Bonchev–Trinajstić information content (AvgIpc) is 3.69. The fraction of sp³-hybridized carbons (Fsp3) is 0.556. The molecule has 1 fully saturated rings. The van der Waals surface area contributed by atoms with Crippen LogP contribution in [0.25, 0.3) is 34.2 Å². The summed E-state index contributed by atoms with van der Waals surface area (Å²) in [6.07, 6.45) is 5.90. The highest BCUT2D eigenvalue weighted by molar-refractivity contribution is 5.97. The van der Waals surface area contributed by atoms with Gasteiger partial charge in [0.1, 0.15) is 11.7 Å². The lowest BCUT2D eigenvalue weighted by atomic mass is 10.0. The molecular formula is C36H50N8O6. The molecule has 50 heavy (non-hydrogen) atoms. The molecule has 2 aliphatic rings. The molecule has 1 amide bonds. The zero-order chi connectivity index (χ0) is 35.6. The smallest absolute Gasteiger partial charge is 0.413 e. The summed E-state index contributed by atoms with van der Waals surface area (Å²) in [6.45, 7) is 14.8. The Hall–Kier alpha value is -4.40. The van der Waals surface area contributed by atoms with Crippen molar-refractivity contribution in [2.45, 2.75) is 91.8 Å². The number of ether oxygens (including phenoxy) is 4. The summed E-state index contributed by atoms with van der Waals surface area (Å²) in [5.74, 6) is 1.35. The minimum atomic E-state index is -0.688. The van der Waals surface area contributed by atoms with E-state index in [9.17, 15) is 9.90 Å². The summed E-state index contributed by atoms with van der Waals surface area (Å²) < 4.78 is 30.0. The van der Waals surface area contributed by atoms with E-state index in [1.165, 1.54) is 0 Å². The third-order valence-corrected chi connectivity index (χ3v) is 8.78. The van der Waals surface area contributed by atoms with E-state index in [0.29, 0.717) is 56.0 Å². The van der Waals surface area contributed by atoms with E-state index in [2.05, 4.69) is 23.2 Å². The van der Waals surface area contributed by atoms with Crippen LogP contribution in [0.1, 0.15) is 84.0 Å². The maximum Gasteiger partial charge on any atom is 0.413 e. The van der Waals surface area contributed by atoms with Gasteiger partial charge in [0.15, 0.2) is 12.0 Å². The first-order chi connectivity index (χ1) is 24.0. The van der Waals surface area contributed by atoms with Crippen molar-refractivity contribution in [2.24, 2.45) is 7.05 Å². The number of aryl methyl sites for hydroxylation is 1. The first-order valence-corrected chi connectivity index (χ1v) is 17.6. The molecule has 1 aromatic carbocycles. The van der Waals surface area contributed by atoms with Gasteiger partial charge in [0, 0.05) is 32.1 Å². The van der Waals surface area contributed by atoms with Crippen molar-refractivity contribution in [3.8, 4) is 22.9 Å². The van der Waals surface area contributed by atoms with Gasteiger partial charge in [-0.3, -0.25) is 14.9 Å². The molecule has 2 aliphatic heterocycles. The van der Waals surface area contributed by atoms with Crippen molar-refractivity contribution < 1.29 is 28.8 Å². The summed E-state index contributed by atoms with van der Waals surface area (Å²) >= 11 is 0. The highest BCUT2D eigenvalue weighted by atomic mass is 16.6. The van der Waals surface area contributed by atoms with Crippen molar-refractivity contribution in [1.82, 2.24) is 34.2 Å². The Labute approximate surface area is 292 Å². The molecule has 4 aromatic rings. The predicted molar refractivity (Wildman–Crippen MR) is 191 cm³/mol. The van der Waals surface area contributed by atoms with Crippen molar-refractivity contribution in [3.05, 3.63) is 35.2 Å². The van der Waals surface area contributed by atoms with E-state index in [4.69, 9.17) is 34.2 Å². The molecule has 14 heteroatoms. The topological polar surface area (TPSA) is 143 Å². The molecule has 2 N–H and O–H groups in total. The number of carbonyl (C=O) groups is 1. The highest BCUT2D eigenvalue weighted by Crippen LogP contribution is 2.40. The lowest BCUT2D eigenvalue weighted by Crippen LogP contribution is -2.34. The Bertz CT molecular complexity index is 1840. The molecule has 6 rings (SSSR count). The standard InChI is InChI=1S/C36H50N8O6/c1-8-42-21-23(3)49-34-31(32(39-41(34)7)37-35(46)50-36(4,5)6)24-13-16-28-26(20-24)27(38-44(28)30-12-10-11-19-48-30)15-14-25-29(22-42)43(17-18-45)40-33(25)47-9-2/h13-16,20,23,30,45H,8-12,17-19,21-22H2,1-7H3,(H,37,39,46)/b15-14+/t23-,30?/m0/s1. The van der Waals surface area contributed by atoms with Gasteiger partial charge < -0.3 is 24.1 Å². The van der Waals surface area contributed by atoms with E-state index >= 15 is 0 Å². The van der Waals surface area contributed by atoms with Gasteiger partial charge >= 0.3 is 6.09 Å². The number of nitrogens with one attached hydrogen (secondary N) is 1. The number of likely N-dealkylation sites (N-methyl/N-ethyl adjacent to an activating group) is 1. The monoisotopic (exact) mass is 690 g/mol. The second kappa shape index (κ2) is 14.8. The number of hydrogen-bond donors (Lipinski definition) is 2. The molecule has 270 valence electrons. The van der Waals surface area contributed by atoms with Crippen molar-refractivity contribution in [2.75, 3.05) is 38.2 Å². The Morgan fingerprint density at radius 1 is 1.14 bits per heavy atom. The molecule has 0 spiro atoms. The maximum absolute atomic E-state index is 13.0. The van der Waals surface area contributed by atoms with Crippen LogP contribution in [0.5, 0.6) is 11.8 Å². The number of nitrogens with zero attached hydrogens (tertiary/aromatic N) is 7. The van der Waals surface area contributed by atoms with Crippen LogP contribution in [0.3, 0.4) is 0 Å². The summed E-state index contributed by atoms with van der Waals surface area (Å²) in [5.41, 5.74) is 4.17. The number of aromatic nitrogens is 6. The molecule has 1 saturated heterocycles. The molecule has 3 aromatic heterocycles. The molecule has 14 nitrogen and oxygen atoms in total. The number of benzene rings is 1. The van der Waals surface area contributed by atoms with E-state index in [0.717, 1.165) is 59.2 Å². The Morgan fingerprint density at radius 3 is 2.66 bits per heavy atom. The Morgan fingerprint density at radius 2 is 1.96 bits per heavy atom. The van der Waals surface area contributed by atoms with E-state index in [1.807, 2.05) is 68.3 Å². The van der Waals surface area contributed by atoms with Crippen LogP contribution in [0.2, 0.25) is 0 Å². The van der Waals surface area contributed by atoms with Gasteiger partial charge in [0.05, 0.1) is 47.8 Å². The van der Waals surface area contributed by atoms with Crippen molar-refractivity contribution in [3.63, 3.8) is 0 Å². The first-order valence-electron chi connectivity index (χ1n) is 17.6. The van der Waals surface area contributed by atoms with Crippen LogP contribution in [-0.4, -0.2) is 90.1 Å². The fourth-order valence-electron chi connectivity index (χ4n) is 6.59. The number of hydrogen-bond acceptors (Lipinski definition) is 10. The quantitative estimate of drug-likeness (QED) is 0.243. The summed E-state index contributed by atoms with van der Waals surface area (Å²) in [5, 5.41) is 28.3. The first kappa shape index (κ1) is 35.4. The van der Waals surface area contributed by atoms with Gasteiger partial charge in [0.25, 0.3) is 0 Å². The van der Waals surface area contributed by atoms with E-state index in [-0.39, 0.29) is 18.9 Å². The fourth-order valence-corrected chi connectivity index (χ4v) is 6.59.